The lowest BCUT2D eigenvalue weighted by Gasteiger charge is -2.11. The Morgan fingerprint density at radius 2 is 1.96 bits per heavy atom. The van der Waals surface area contributed by atoms with Crippen LogP contribution in [0.4, 0.5) is 0 Å². The number of nitrogens with one attached hydrogen (secondary N) is 1. The lowest BCUT2D eigenvalue weighted by molar-refractivity contribution is 0.0955. The Morgan fingerprint density at radius 3 is 2.62 bits per heavy atom. The molecular formula is C17H19N3O5S. The van der Waals surface area contributed by atoms with Gasteiger partial charge in [0.15, 0.2) is 11.5 Å². The molecule has 0 aliphatic heterocycles. The molecule has 0 aliphatic carbocycles. The van der Waals surface area contributed by atoms with Crippen molar-refractivity contribution in [1.82, 2.24) is 9.73 Å². The molecule has 0 fully saturated rings. The summed E-state index contributed by atoms with van der Waals surface area (Å²) < 4.78 is 30.3. The maximum Gasteiger partial charge on any atom is 0.271 e. The van der Waals surface area contributed by atoms with E-state index in [1.165, 1.54) is 57.8 Å². The van der Waals surface area contributed by atoms with Gasteiger partial charge in [0.25, 0.3) is 5.91 Å². The SMILES string of the molecule is COc1cc(/C=N/NC(=O)c2cccc(S(=O)(=O)N(C)C)c2)ccc1O. The van der Waals surface area contributed by atoms with E-state index in [4.69, 9.17) is 4.74 Å². The van der Waals surface area contributed by atoms with Gasteiger partial charge in [-0.1, -0.05) is 6.07 Å². The van der Waals surface area contributed by atoms with E-state index in [1.807, 2.05) is 0 Å². The van der Waals surface area contributed by atoms with Gasteiger partial charge >= 0.3 is 0 Å². The normalized spacial score (nSPS) is 11.7. The summed E-state index contributed by atoms with van der Waals surface area (Å²) in [6.07, 6.45) is 1.38. The van der Waals surface area contributed by atoms with E-state index in [1.54, 1.807) is 12.1 Å². The van der Waals surface area contributed by atoms with Crippen LogP contribution in [0.25, 0.3) is 0 Å². The van der Waals surface area contributed by atoms with Gasteiger partial charge in [-0.15, -0.1) is 0 Å². The first kappa shape index (κ1) is 19.4. The molecule has 8 nitrogen and oxygen atoms in total. The smallest absolute Gasteiger partial charge is 0.271 e. The van der Waals surface area contributed by atoms with Crippen molar-refractivity contribution in [2.45, 2.75) is 4.90 Å². The van der Waals surface area contributed by atoms with Crippen molar-refractivity contribution in [2.24, 2.45) is 5.10 Å². The molecule has 0 radical (unpaired) electrons. The van der Waals surface area contributed by atoms with E-state index in [-0.39, 0.29) is 22.0 Å². The number of aromatic hydroxyl groups is 1. The average Bonchev–Trinajstić information content (AvgIpc) is 2.62. The molecule has 2 aromatic rings. The minimum atomic E-state index is -3.63. The molecule has 2 N–H and O–H groups in total. The summed E-state index contributed by atoms with van der Waals surface area (Å²) in [5.74, 6) is -0.280. The van der Waals surface area contributed by atoms with Crippen LogP contribution in [-0.4, -0.2) is 51.2 Å². The number of nitrogens with zero attached hydrogens (tertiary/aromatic N) is 2. The van der Waals surface area contributed by atoms with Crippen molar-refractivity contribution in [1.29, 1.82) is 0 Å². The van der Waals surface area contributed by atoms with Gasteiger partial charge in [-0.3, -0.25) is 4.79 Å². The molecular weight excluding hydrogens is 358 g/mol. The summed E-state index contributed by atoms with van der Waals surface area (Å²) in [5.41, 5.74) is 3.09. The number of methoxy groups -OCH3 is 1. The van der Waals surface area contributed by atoms with E-state index >= 15 is 0 Å². The topological polar surface area (TPSA) is 108 Å². The van der Waals surface area contributed by atoms with Crippen LogP contribution in [0.5, 0.6) is 11.5 Å². The minimum Gasteiger partial charge on any atom is -0.504 e. The molecule has 1 amide bonds. The Labute approximate surface area is 151 Å². The number of carbonyl (C=O) groups is 1. The molecule has 26 heavy (non-hydrogen) atoms. The third-order valence-electron chi connectivity index (χ3n) is 3.46. The summed E-state index contributed by atoms with van der Waals surface area (Å²) in [5, 5.41) is 13.4. The monoisotopic (exact) mass is 377 g/mol. The van der Waals surface area contributed by atoms with E-state index in [0.29, 0.717) is 5.56 Å². The number of phenols is 1. The molecule has 0 atom stereocenters. The zero-order valence-electron chi connectivity index (χ0n) is 14.5. The summed E-state index contributed by atoms with van der Waals surface area (Å²) in [6.45, 7) is 0. The highest BCUT2D eigenvalue weighted by molar-refractivity contribution is 7.89. The first-order valence-corrected chi connectivity index (χ1v) is 8.92. The molecule has 0 spiro atoms. The molecule has 2 aromatic carbocycles. The van der Waals surface area contributed by atoms with Crippen molar-refractivity contribution in [3.05, 3.63) is 53.6 Å². The maximum absolute atomic E-state index is 12.2. The van der Waals surface area contributed by atoms with Gasteiger partial charge in [0, 0.05) is 19.7 Å². The minimum absolute atomic E-state index is 0.00685. The number of sulfonamides is 1. The highest BCUT2D eigenvalue weighted by Gasteiger charge is 2.18. The van der Waals surface area contributed by atoms with Crippen LogP contribution < -0.4 is 10.2 Å². The van der Waals surface area contributed by atoms with Crippen LogP contribution >= 0.6 is 0 Å². The van der Waals surface area contributed by atoms with Gasteiger partial charge in [-0.25, -0.2) is 18.1 Å². The highest BCUT2D eigenvalue weighted by Crippen LogP contribution is 2.25. The van der Waals surface area contributed by atoms with Crippen LogP contribution in [-0.2, 0) is 10.0 Å². The molecule has 0 heterocycles. The number of hydrogen-bond acceptors (Lipinski definition) is 6. The second-order valence-corrected chi connectivity index (χ2v) is 7.60. The van der Waals surface area contributed by atoms with E-state index in [9.17, 15) is 18.3 Å². The number of amides is 1. The van der Waals surface area contributed by atoms with Crippen molar-refractivity contribution in [3.8, 4) is 11.5 Å². The number of ether oxygens (including phenoxy) is 1. The second kappa shape index (κ2) is 7.98. The van der Waals surface area contributed by atoms with Crippen molar-refractivity contribution in [2.75, 3.05) is 21.2 Å². The Bertz CT molecular complexity index is 939. The molecule has 0 saturated carbocycles. The Hall–Kier alpha value is -2.91. The molecule has 2 rings (SSSR count). The summed E-state index contributed by atoms with van der Waals surface area (Å²) in [6, 6.07) is 10.3. The van der Waals surface area contributed by atoms with Gasteiger partial charge in [0.1, 0.15) is 0 Å². The first-order chi connectivity index (χ1) is 12.3. The van der Waals surface area contributed by atoms with Crippen LogP contribution in [0, 0.1) is 0 Å². The molecule has 0 saturated heterocycles. The standard InChI is InChI=1S/C17H19N3O5S/c1-20(2)26(23,24)14-6-4-5-13(10-14)17(22)19-18-11-12-7-8-15(21)16(9-12)25-3/h4-11,21H,1-3H3,(H,19,22)/b18-11+. The fraction of sp³-hybridized carbons (Fsp3) is 0.176. The van der Waals surface area contributed by atoms with Gasteiger partial charge in [0.2, 0.25) is 10.0 Å². The molecule has 138 valence electrons. The number of carbonyl (C=O) groups excluding carboxylic acids is 1. The molecule has 0 aromatic heterocycles. The second-order valence-electron chi connectivity index (χ2n) is 5.45. The summed E-state index contributed by atoms with van der Waals surface area (Å²) in [4.78, 5) is 12.2. The number of hydrogen-bond donors (Lipinski definition) is 2. The fourth-order valence-electron chi connectivity index (χ4n) is 2.01. The molecule has 0 bridgehead atoms. The van der Waals surface area contributed by atoms with Crippen LogP contribution in [0.1, 0.15) is 15.9 Å². The predicted molar refractivity (Wildman–Crippen MR) is 97.0 cm³/mol. The van der Waals surface area contributed by atoms with Gasteiger partial charge in [0.05, 0.1) is 18.2 Å². The predicted octanol–water partition coefficient (Wildman–Crippen LogP) is 1.41. The average molecular weight is 377 g/mol. The fourth-order valence-corrected chi connectivity index (χ4v) is 2.96. The Morgan fingerprint density at radius 1 is 1.23 bits per heavy atom. The van der Waals surface area contributed by atoms with Crippen molar-refractivity contribution in [3.63, 3.8) is 0 Å². The zero-order chi connectivity index (χ0) is 19.3. The van der Waals surface area contributed by atoms with Crippen LogP contribution in [0.15, 0.2) is 52.5 Å². The summed E-state index contributed by atoms with van der Waals surface area (Å²) in [7, 11) is 0.622. The van der Waals surface area contributed by atoms with Crippen molar-refractivity contribution < 1.29 is 23.1 Å². The third kappa shape index (κ3) is 4.38. The third-order valence-corrected chi connectivity index (χ3v) is 5.27. The molecule has 0 unspecified atom stereocenters. The largest absolute Gasteiger partial charge is 0.504 e. The Kier molecular flexibility index (Phi) is 5.96. The lowest BCUT2D eigenvalue weighted by Crippen LogP contribution is -2.23. The quantitative estimate of drug-likeness (QED) is 0.585. The van der Waals surface area contributed by atoms with E-state index < -0.39 is 15.9 Å². The summed E-state index contributed by atoms with van der Waals surface area (Å²) >= 11 is 0. The van der Waals surface area contributed by atoms with Crippen LogP contribution in [0.2, 0.25) is 0 Å². The van der Waals surface area contributed by atoms with Crippen molar-refractivity contribution >= 4 is 22.1 Å². The molecule has 9 heteroatoms. The number of hydrazone groups is 1. The first-order valence-electron chi connectivity index (χ1n) is 7.48. The van der Waals surface area contributed by atoms with Gasteiger partial charge < -0.3 is 9.84 Å². The van der Waals surface area contributed by atoms with Gasteiger partial charge in [-0.2, -0.15) is 5.10 Å². The van der Waals surface area contributed by atoms with E-state index in [0.717, 1.165) is 4.31 Å². The number of rotatable bonds is 6. The highest BCUT2D eigenvalue weighted by atomic mass is 32.2. The number of benzene rings is 2. The maximum atomic E-state index is 12.2. The number of phenolic OH excluding ortho intramolecular Hbond substituents is 1. The van der Waals surface area contributed by atoms with Gasteiger partial charge in [-0.05, 0) is 42.0 Å². The van der Waals surface area contributed by atoms with Crippen LogP contribution in [0.3, 0.4) is 0 Å². The van der Waals surface area contributed by atoms with E-state index in [2.05, 4.69) is 10.5 Å². The zero-order valence-corrected chi connectivity index (χ0v) is 15.3. The lowest BCUT2D eigenvalue weighted by atomic mass is 10.2. The Balaban J connectivity index is 2.13. The molecule has 0 aliphatic rings.